The first-order valence-corrected chi connectivity index (χ1v) is 6.56. The first kappa shape index (κ1) is 13.2. The average Bonchev–Trinajstić information content (AvgIpc) is 2.97. The van der Waals surface area contributed by atoms with Crippen LogP contribution in [0.1, 0.15) is 11.4 Å². The lowest BCUT2D eigenvalue weighted by Crippen LogP contribution is -1.91. The lowest BCUT2D eigenvalue weighted by atomic mass is 10.1. The zero-order chi connectivity index (χ0) is 14.7. The van der Waals surface area contributed by atoms with Crippen molar-refractivity contribution < 1.29 is 9.26 Å². The van der Waals surface area contributed by atoms with E-state index in [9.17, 15) is 0 Å². The lowest BCUT2D eigenvalue weighted by Gasteiger charge is -2.00. The molecule has 3 aromatic rings. The first-order chi connectivity index (χ1) is 10.2. The molecule has 0 atom stereocenters. The molecule has 0 radical (unpaired) electrons. The molecule has 0 saturated carbocycles. The summed E-state index contributed by atoms with van der Waals surface area (Å²) in [7, 11) is 1.64. The monoisotopic (exact) mass is 281 g/mol. The average molecular weight is 281 g/mol. The van der Waals surface area contributed by atoms with Crippen LogP contribution in [0.15, 0.2) is 53.1 Å². The maximum atomic E-state index is 5.75. The molecule has 0 aliphatic carbocycles. The van der Waals surface area contributed by atoms with Crippen molar-refractivity contribution in [2.24, 2.45) is 0 Å². The molecule has 1 heterocycles. The van der Waals surface area contributed by atoms with Gasteiger partial charge < -0.3 is 15.0 Å². The van der Waals surface area contributed by atoms with E-state index in [0.717, 1.165) is 16.9 Å². The Morgan fingerprint density at radius 2 is 1.95 bits per heavy atom. The largest absolute Gasteiger partial charge is 0.497 e. The van der Waals surface area contributed by atoms with Crippen molar-refractivity contribution in [1.29, 1.82) is 0 Å². The molecule has 106 valence electrons. The molecule has 1 aromatic heterocycles. The number of nitrogens with two attached hydrogens (primary N) is 1. The normalized spacial score (nSPS) is 10.5. The van der Waals surface area contributed by atoms with E-state index in [1.54, 1.807) is 7.11 Å². The maximum absolute atomic E-state index is 5.75. The molecule has 0 aliphatic rings. The second kappa shape index (κ2) is 5.66. The van der Waals surface area contributed by atoms with Gasteiger partial charge in [-0.2, -0.15) is 4.98 Å². The Bertz CT molecular complexity index is 735. The third-order valence-corrected chi connectivity index (χ3v) is 3.12. The number of hydrogen-bond acceptors (Lipinski definition) is 5. The number of ether oxygens (including phenoxy) is 1. The summed E-state index contributed by atoms with van der Waals surface area (Å²) in [6.45, 7) is 0. The molecular weight excluding hydrogens is 266 g/mol. The number of nitrogens with zero attached hydrogens (tertiary/aromatic N) is 2. The zero-order valence-electron chi connectivity index (χ0n) is 11.6. The lowest BCUT2D eigenvalue weighted by molar-refractivity contribution is 0.414. The Morgan fingerprint density at radius 1 is 1.14 bits per heavy atom. The van der Waals surface area contributed by atoms with Crippen LogP contribution in [0, 0.1) is 0 Å². The number of nitrogen functional groups attached to an aromatic ring is 1. The minimum absolute atomic E-state index is 0.478. The van der Waals surface area contributed by atoms with Gasteiger partial charge in [0.15, 0.2) is 5.82 Å². The van der Waals surface area contributed by atoms with E-state index >= 15 is 0 Å². The quantitative estimate of drug-likeness (QED) is 0.744. The van der Waals surface area contributed by atoms with Crippen LogP contribution in [0.5, 0.6) is 5.75 Å². The summed E-state index contributed by atoms with van der Waals surface area (Å²) in [5, 5.41) is 4.00. The Morgan fingerprint density at radius 3 is 2.67 bits per heavy atom. The zero-order valence-corrected chi connectivity index (χ0v) is 11.6. The highest BCUT2D eigenvalue weighted by Gasteiger charge is 2.09. The van der Waals surface area contributed by atoms with Gasteiger partial charge >= 0.3 is 0 Å². The summed E-state index contributed by atoms with van der Waals surface area (Å²) < 4.78 is 10.4. The van der Waals surface area contributed by atoms with Crippen LogP contribution >= 0.6 is 0 Å². The SMILES string of the molecule is COc1ccc(Cc2noc(-c3cccc(N)c3)n2)cc1. The van der Waals surface area contributed by atoms with Gasteiger partial charge in [-0.1, -0.05) is 23.4 Å². The number of methoxy groups -OCH3 is 1. The molecule has 0 fully saturated rings. The molecule has 0 amide bonds. The van der Waals surface area contributed by atoms with Gasteiger partial charge in [-0.05, 0) is 35.9 Å². The molecule has 3 rings (SSSR count). The van der Waals surface area contributed by atoms with Gasteiger partial charge in [0.2, 0.25) is 0 Å². The molecule has 2 aromatic carbocycles. The highest BCUT2D eigenvalue weighted by Crippen LogP contribution is 2.20. The molecule has 21 heavy (non-hydrogen) atoms. The smallest absolute Gasteiger partial charge is 0.258 e. The Labute approximate surface area is 122 Å². The number of aromatic nitrogens is 2. The Hall–Kier alpha value is -2.82. The van der Waals surface area contributed by atoms with Crippen LogP contribution in [-0.4, -0.2) is 17.3 Å². The summed E-state index contributed by atoms with van der Waals surface area (Å²) in [5.41, 5.74) is 8.34. The van der Waals surface area contributed by atoms with Crippen LogP contribution in [0.4, 0.5) is 5.69 Å². The second-order valence-corrected chi connectivity index (χ2v) is 4.67. The first-order valence-electron chi connectivity index (χ1n) is 6.56. The van der Waals surface area contributed by atoms with E-state index in [-0.39, 0.29) is 0 Å². The molecule has 0 spiro atoms. The molecule has 0 bridgehead atoms. The molecule has 5 heteroatoms. The third kappa shape index (κ3) is 3.02. The second-order valence-electron chi connectivity index (χ2n) is 4.67. The molecular formula is C16H15N3O2. The summed E-state index contributed by atoms with van der Waals surface area (Å²) >= 11 is 0. The number of hydrogen-bond donors (Lipinski definition) is 1. The fourth-order valence-corrected chi connectivity index (χ4v) is 2.04. The summed E-state index contributed by atoms with van der Waals surface area (Å²) in [6, 6.07) is 15.2. The van der Waals surface area contributed by atoms with Crippen molar-refractivity contribution in [2.45, 2.75) is 6.42 Å². The maximum Gasteiger partial charge on any atom is 0.258 e. The van der Waals surface area contributed by atoms with Gasteiger partial charge in [0, 0.05) is 17.7 Å². The van der Waals surface area contributed by atoms with Gasteiger partial charge in [-0.15, -0.1) is 0 Å². The van der Waals surface area contributed by atoms with Crippen LogP contribution in [-0.2, 0) is 6.42 Å². The molecule has 0 aliphatic heterocycles. The van der Waals surface area contributed by atoms with Crippen LogP contribution in [0.2, 0.25) is 0 Å². The highest BCUT2D eigenvalue weighted by atomic mass is 16.5. The predicted molar refractivity (Wildman–Crippen MR) is 79.9 cm³/mol. The predicted octanol–water partition coefficient (Wildman–Crippen LogP) is 2.92. The van der Waals surface area contributed by atoms with Gasteiger partial charge in [0.1, 0.15) is 5.75 Å². The molecule has 0 saturated heterocycles. The van der Waals surface area contributed by atoms with Gasteiger partial charge in [0.25, 0.3) is 5.89 Å². The van der Waals surface area contributed by atoms with Gasteiger partial charge in [-0.25, -0.2) is 0 Å². The van der Waals surface area contributed by atoms with E-state index < -0.39 is 0 Å². The third-order valence-electron chi connectivity index (χ3n) is 3.12. The fraction of sp³-hybridized carbons (Fsp3) is 0.125. The molecule has 0 unspecified atom stereocenters. The van der Waals surface area contributed by atoms with E-state index in [1.807, 2.05) is 48.5 Å². The molecule has 2 N–H and O–H groups in total. The van der Waals surface area contributed by atoms with Gasteiger partial charge in [0.05, 0.1) is 7.11 Å². The summed E-state index contributed by atoms with van der Waals surface area (Å²) in [4.78, 5) is 4.39. The van der Waals surface area contributed by atoms with E-state index in [4.69, 9.17) is 15.0 Å². The fourth-order valence-electron chi connectivity index (χ4n) is 2.04. The standard InChI is InChI=1S/C16H15N3O2/c1-20-14-7-5-11(6-8-14)9-15-18-16(21-19-15)12-3-2-4-13(17)10-12/h2-8,10H,9,17H2,1H3. The number of anilines is 1. The minimum atomic E-state index is 0.478. The van der Waals surface area contributed by atoms with Crippen LogP contribution in [0.25, 0.3) is 11.5 Å². The topological polar surface area (TPSA) is 74.2 Å². The Balaban J connectivity index is 1.78. The number of rotatable bonds is 4. The summed E-state index contributed by atoms with van der Waals surface area (Å²) in [6.07, 6.45) is 0.607. The number of benzene rings is 2. The van der Waals surface area contributed by atoms with Crippen molar-refractivity contribution in [1.82, 2.24) is 10.1 Å². The molecule has 5 nitrogen and oxygen atoms in total. The van der Waals surface area contributed by atoms with E-state index in [2.05, 4.69) is 10.1 Å². The van der Waals surface area contributed by atoms with Crippen LogP contribution in [0.3, 0.4) is 0 Å². The van der Waals surface area contributed by atoms with Gasteiger partial charge in [-0.3, -0.25) is 0 Å². The van der Waals surface area contributed by atoms with Crippen molar-refractivity contribution in [2.75, 3.05) is 12.8 Å². The highest BCUT2D eigenvalue weighted by molar-refractivity contribution is 5.59. The van der Waals surface area contributed by atoms with Crippen molar-refractivity contribution >= 4 is 5.69 Å². The van der Waals surface area contributed by atoms with E-state index in [1.165, 1.54) is 0 Å². The van der Waals surface area contributed by atoms with Crippen LogP contribution < -0.4 is 10.5 Å². The van der Waals surface area contributed by atoms with Crippen molar-refractivity contribution in [3.05, 3.63) is 59.9 Å². The minimum Gasteiger partial charge on any atom is -0.497 e. The van der Waals surface area contributed by atoms with Crippen molar-refractivity contribution in [3.8, 4) is 17.2 Å². The van der Waals surface area contributed by atoms with E-state index in [0.29, 0.717) is 23.8 Å². The van der Waals surface area contributed by atoms with Crippen molar-refractivity contribution in [3.63, 3.8) is 0 Å². The summed E-state index contributed by atoms with van der Waals surface area (Å²) in [5.74, 6) is 1.94. The Kier molecular flexibility index (Phi) is 3.55.